The standard InChI is InChI=1S/C7H8N4O/c1-4-8-2-5(12)6-7(11-4)10-3-9-6/h3H,2H2,1H3,(H,8,11)(H,9,10). The van der Waals surface area contributed by atoms with Crippen LogP contribution in [0, 0.1) is 0 Å². The number of nitrogens with one attached hydrogen (secondary N) is 2. The highest BCUT2D eigenvalue weighted by Gasteiger charge is 2.16. The van der Waals surface area contributed by atoms with Crippen molar-refractivity contribution in [3.05, 3.63) is 12.0 Å². The Labute approximate surface area is 68.9 Å². The molecule has 0 bridgehead atoms. The lowest BCUT2D eigenvalue weighted by atomic mass is 10.3. The van der Waals surface area contributed by atoms with Crippen molar-refractivity contribution in [1.82, 2.24) is 9.97 Å². The number of nitrogens with zero attached hydrogens (tertiary/aromatic N) is 2. The van der Waals surface area contributed by atoms with Gasteiger partial charge in [0.2, 0.25) is 5.78 Å². The van der Waals surface area contributed by atoms with Crippen molar-refractivity contribution in [2.24, 2.45) is 4.99 Å². The van der Waals surface area contributed by atoms with Crippen LogP contribution in [0.1, 0.15) is 17.4 Å². The van der Waals surface area contributed by atoms with Crippen molar-refractivity contribution in [3.63, 3.8) is 0 Å². The van der Waals surface area contributed by atoms with E-state index >= 15 is 0 Å². The molecule has 0 amide bonds. The van der Waals surface area contributed by atoms with Crippen molar-refractivity contribution in [1.29, 1.82) is 0 Å². The predicted octanol–water partition coefficient (Wildman–Crippen LogP) is 0.436. The molecule has 0 radical (unpaired) electrons. The molecule has 0 spiro atoms. The number of anilines is 1. The normalized spacial score (nSPS) is 16.1. The van der Waals surface area contributed by atoms with Gasteiger partial charge in [0.05, 0.1) is 12.2 Å². The molecule has 0 saturated carbocycles. The number of aromatic nitrogens is 2. The molecule has 5 nitrogen and oxygen atoms in total. The Kier molecular flexibility index (Phi) is 1.43. The van der Waals surface area contributed by atoms with Crippen LogP contribution >= 0.6 is 0 Å². The van der Waals surface area contributed by atoms with Gasteiger partial charge in [0.25, 0.3) is 0 Å². The third-order valence-electron chi connectivity index (χ3n) is 1.68. The topological polar surface area (TPSA) is 70.1 Å². The molecule has 2 heterocycles. The number of hydrogen-bond acceptors (Lipinski definition) is 4. The van der Waals surface area contributed by atoms with Crippen LogP contribution in [0.4, 0.5) is 5.82 Å². The number of aromatic amines is 1. The van der Waals surface area contributed by atoms with Gasteiger partial charge in [-0.3, -0.25) is 9.79 Å². The molecule has 0 aliphatic carbocycles. The average Bonchev–Trinajstić information content (AvgIpc) is 2.44. The van der Waals surface area contributed by atoms with Gasteiger partial charge in [0, 0.05) is 0 Å². The van der Waals surface area contributed by atoms with Gasteiger partial charge in [0.1, 0.15) is 12.2 Å². The summed E-state index contributed by atoms with van der Waals surface area (Å²) in [6.07, 6.45) is 1.49. The lowest BCUT2D eigenvalue weighted by Crippen LogP contribution is -2.06. The van der Waals surface area contributed by atoms with Gasteiger partial charge in [-0.05, 0) is 6.92 Å². The molecule has 5 heteroatoms. The van der Waals surface area contributed by atoms with Crippen LogP contribution in [0.25, 0.3) is 0 Å². The average molecular weight is 164 g/mol. The maximum atomic E-state index is 11.3. The molecular formula is C7H8N4O. The van der Waals surface area contributed by atoms with E-state index in [-0.39, 0.29) is 12.3 Å². The van der Waals surface area contributed by atoms with Gasteiger partial charge in [-0.2, -0.15) is 0 Å². The zero-order valence-electron chi connectivity index (χ0n) is 6.59. The summed E-state index contributed by atoms with van der Waals surface area (Å²) in [5.74, 6) is 1.25. The van der Waals surface area contributed by atoms with E-state index in [0.29, 0.717) is 17.3 Å². The highest BCUT2D eigenvalue weighted by molar-refractivity contribution is 6.07. The Morgan fingerprint density at radius 3 is 3.25 bits per heavy atom. The van der Waals surface area contributed by atoms with E-state index in [9.17, 15) is 4.79 Å². The second-order valence-electron chi connectivity index (χ2n) is 2.58. The van der Waals surface area contributed by atoms with Crippen LogP contribution in [0.2, 0.25) is 0 Å². The number of hydrogen-bond donors (Lipinski definition) is 2. The van der Waals surface area contributed by atoms with Gasteiger partial charge in [0.15, 0.2) is 5.82 Å². The number of fused-ring (bicyclic) bond motifs is 1. The molecule has 2 rings (SSSR count). The minimum atomic E-state index is -0.0353. The molecule has 1 aliphatic rings. The second-order valence-corrected chi connectivity index (χ2v) is 2.58. The molecule has 2 N–H and O–H groups in total. The molecule has 0 aromatic carbocycles. The highest BCUT2D eigenvalue weighted by atomic mass is 16.1. The van der Waals surface area contributed by atoms with E-state index < -0.39 is 0 Å². The van der Waals surface area contributed by atoms with Gasteiger partial charge < -0.3 is 10.3 Å². The zero-order valence-corrected chi connectivity index (χ0v) is 6.59. The van der Waals surface area contributed by atoms with E-state index in [4.69, 9.17) is 0 Å². The molecule has 0 atom stereocenters. The Hall–Kier alpha value is -1.65. The summed E-state index contributed by atoms with van der Waals surface area (Å²) < 4.78 is 0. The maximum absolute atomic E-state index is 11.3. The lowest BCUT2D eigenvalue weighted by molar-refractivity contribution is 0.0999. The predicted molar refractivity (Wildman–Crippen MR) is 44.5 cm³/mol. The summed E-state index contributed by atoms with van der Waals surface area (Å²) in [6.45, 7) is 1.99. The van der Waals surface area contributed by atoms with E-state index in [1.807, 2.05) is 0 Å². The minimum Gasteiger partial charge on any atom is -0.340 e. The highest BCUT2D eigenvalue weighted by Crippen LogP contribution is 2.12. The summed E-state index contributed by atoms with van der Waals surface area (Å²) in [4.78, 5) is 22.0. The Morgan fingerprint density at radius 2 is 2.42 bits per heavy atom. The fraction of sp³-hybridized carbons (Fsp3) is 0.286. The Morgan fingerprint density at radius 1 is 1.58 bits per heavy atom. The number of carbonyl (C=O) groups is 1. The van der Waals surface area contributed by atoms with Crippen molar-refractivity contribution >= 4 is 17.4 Å². The number of aliphatic imine (C=N–C) groups is 1. The molecular weight excluding hydrogens is 156 g/mol. The molecule has 62 valence electrons. The number of carbonyl (C=O) groups excluding carboxylic acids is 1. The minimum absolute atomic E-state index is 0.0353. The second kappa shape index (κ2) is 2.44. The number of H-pyrrole nitrogens is 1. The number of ketones is 1. The lowest BCUT2D eigenvalue weighted by Gasteiger charge is -1.97. The van der Waals surface area contributed by atoms with Crippen LogP contribution in [0.3, 0.4) is 0 Å². The van der Waals surface area contributed by atoms with Gasteiger partial charge in [-0.15, -0.1) is 0 Å². The smallest absolute Gasteiger partial charge is 0.204 e. The van der Waals surface area contributed by atoms with Crippen LogP contribution in [-0.2, 0) is 0 Å². The van der Waals surface area contributed by atoms with Crippen molar-refractivity contribution in [3.8, 4) is 0 Å². The van der Waals surface area contributed by atoms with Crippen LogP contribution < -0.4 is 5.32 Å². The van der Waals surface area contributed by atoms with Crippen molar-refractivity contribution in [2.45, 2.75) is 6.92 Å². The zero-order chi connectivity index (χ0) is 8.55. The number of amidine groups is 1. The molecule has 0 saturated heterocycles. The first-order chi connectivity index (χ1) is 5.77. The monoisotopic (exact) mass is 164 g/mol. The van der Waals surface area contributed by atoms with Crippen LogP contribution in [0.15, 0.2) is 11.3 Å². The number of Topliss-reactive ketones (excluding diaryl/α,β-unsaturated/α-hetero) is 1. The summed E-state index contributed by atoms with van der Waals surface area (Å²) in [5, 5.41) is 2.92. The van der Waals surface area contributed by atoms with Crippen molar-refractivity contribution in [2.75, 3.05) is 11.9 Å². The molecule has 1 aromatic rings. The van der Waals surface area contributed by atoms with Gasteiger partial charge in [-0.25, -0.2) is 4.98 Å². The fourth-order valence-corrected chi connectivity index (χ4v) is 1.08. The third kappa shape index (κ3) is 0.990. The van der Waals surface area contributed by atoms with Crippen molar-refractivity contribution < 1.29 is 4.79 Å². The van der Waals surface area contributed by atoms with E-state index in [2.05, 4.69) is 20.3 Å². The SMILES string of the molecule is CC1=NCC(=O)c2[nH]cnc2N1. The number of imidazole rings is 1. The first-order valence-corrected chi connectivity index (χ1v) is 3.62. The largest absolute Gasteiger partial charge is 0.340 e. The maximum Gasteiger partial charge on any atom is 0.204 e. The number of rotatable bonds is 0. The van der Waals surface area contributed by atoms with E-state index in [0.717, 1.165) is 0 Å². The Bertz CT molecular complexity index is 352. The Balaban J connectivity index is 2.48. The molecule has 1 aromatic heterocycles. The quantitative estimate of drug-likeness (QED) is 0.584. The first-order valence-electron chi connectivity index (χ1n) is 3.62. The van der Waals surface area contributed by atoms with E-state index in [1.165, 1.54) is 6.33 Å². The molecule has 0 unspecified atom stereocenters. The van der Waals surface area contributed by atoms with Gasteiger partial charge in [-0.1, -0.05) is 0 Å². The molecule has 12 heavy (non-hydrogen) atoms. The summed E-state index contributed by atoms with van der Waals surface area (Å²) in [7, 11) is 0. The summed E-state index contributed by atoms with van der Waals surface area (Å²) in [6, 6.07) is 0. The summed E-state index contributed by atoms with van der Waals surface area (Å²) in [5.41, 5.74) is 0.510. The third-order valence-corrected chi connectivity index (χ3v) is 1.68. The van der Waals surface area contributed by atoms with E-state index in [1.54, 1.807) is 6.92 Å². The first kappa shape index (κ1) is 7.02. The molecule has 1 aliphatic heterocycles. The summed E-state index contributed by atoms with van der Waals surface area (Å²) >= 11 is 0. The van der Waals surface area contributed by atoms with Crippen LogP contribution in [-0.4, -0.2) is 28.1 Å². The molecule has 0 fully saturated rings. The van der Waals surface area contributed by atoms with Gasteiger partial charge >= 0.3 is 0 Å². The fourth-order valence-electron chi connectivity index (χ4n) is 1.08. The van der Waals surface area contributed by atoms with Crippen LogP contribution in [0.5, 0.6) is 0 Å².